The van der Waals surface area contributed by atoms with Crippen LogP contribution in [0.1, 0.15) is 18.9 Å². The molecule has 1 aromatic rings. The Balaban J connectivity index is 1.82. The number of carbonyl (C=O) groups is 2. The second-order valence-corrected chi connectivity index (χ2v) is 5.20. The predicted molar refractivity (Wildman–Crippen MR) is 75.0 cm³/mol. The Hall–Kier alpha value is -2.22. The zero-order valence-corrected chi connectivity index (χ0v) is 11.5. The van der Waals surface area contributed by atoms with E-state index in [4.69, 9.17) is 0 Å². The normalized spacial score (nSPS) is 23.0. The molecule has 3 rings (SSSR count). The highest BCUT2D eigenvalue weighted by Gasteiger charge is 2.29. The maximum Gasteiger partial charge on any atom is 0.269 e. The molecule has 0 spiro atoms. The van der Waals surface area contributed by atoms with E-state index in [1.54, 1.807) is 6.20 Å². The van der Waals surface area contributed by atoms with Crippen molar-refractivity contribution < 1.29 is 9.59 Å². The van der Waals surface area contributed by atoms with Crippen LogP contribution >= 0.6 is 0 Å². The van der Waals surface area contributed by atoms with Crippen LogP contribution in [-0.2, 0) is 9.59 Å². The topological polar surface area (TPSA) is 96.3 Å². The van der Waals surface area contributed by atoms with Gasteiger partial charge in [0.25, 0.3) is 11.5 Å². The van der Waals surface area contributed by atoms with Crippen LogP contribution in [0.5, 0.6) is 0 Å². The third-order valence-corrected chi connectivity index (χ3v) is 3.80. The van der Waals surface area contributed by atoms with E-state index in [9.17, 15) is 14.4 Å². The van der Waals surface area contributed by atoms with Crippen molar-refractivity contribution in [2.45, 2.75) is 18.9 Å². The summed E-state index contributed by atoms with van der Waals surface area (Å²) < 4.78 is 1.16. The largest absolute Gasteiger partial charge is 0.368 e. The summed E-state index contributed by atoms with van der Waals surface area (Å²) in [6.07, 6.45) is 2.14. The van der Waals surface area contributed by atoms with Gasteiger partial charge in [-0.1, -0.05) is 0 Å². The number of nitrogens with one attached hydrogen (secondary N) is 2. The van der Waals surface area contributed by atoms with E-state index >= 15 is 0 Å². The fourth-order valence-electron chi connectivity index (χ4n) is 2.65. The molecule has 21 heavy (non-hydrogen) atoms. The molecule has 2 saturated heterocycles. The number of rotatable bonds is 2. The Kier molecular flexibility index (Phi) is 3.70. The molecule has 0 bridgehead atoms. The molecule has 1 atom stereocenters. The lowest BCUT2D eigenvalue weighted by atomic mass is 10.1. The molecule has 0 aromatic carbocycles. The molecule has 2 aliphatic heterocycles. The van der Waals surface area contributed by atoms with Crippen molar-refractivity contribution in [3.8, 4) is 0 Å². The highest BCUT2D eigenvalue weighted by Crippen LogP contribution is 2.17. The lowest BCUT2D eigenvalue weighted by Gasteiger charge is -2.29. The first-order valence-corrected chi connectivity index (χ1v) is 7.03. The first-order valence-electron chi connectivity index (χ1n) is 7.03. The molecule has 3 heterocycles. The highest BCUT2D eigenvalue weighted by atomic mass is 16.2. The lowest BCUT2D eigenvalue weighted by molar-refractivity contribution is -0.136. The third-order valence-electron chi connectivity index (χ3n) is 3.80. The Morgan fingerprint density at radius 1 is 1.19 bits per heavy atom. The van der Waals surface area contributed by atoms with Crippen molar-refractivity contribution in [2.75, 3.05) is 31.1 Å². The van der Waals surface area contributed by atoms with Crippen molar-refractivity contribution >= 4 is 17.5 Å². The Morgan fingerprint density at radius 2 is 1.95 bits per heavy atom. The van der Waals surface area contributed by atoms with Crippen molar-refractivity contribution in [1.29, 1.82) is 0 Å². The number of hydrogen-bond donors (Lipinski definition) is 2. The standard InChI is InChI=1S/C13H17N5O3/c19-11-2-1-10(13(21)16-11)18-12(20)7-9(8-15-18)17-5-3-14-4-6-17/h7-8,10,14H,1-6H2,(H,16,19,21). The average molecular weight is 291 g/mol. The average Bonchev–Trinajstić information content (AvgIpc) is 2.49. The van der Waals surface area contributed by atoms with E-state index in [2.05, 4.69) is 20.6 Å². The van der Waals surface area contributed by atoms with Crippen LogP contribution in [0.25, 0.3) is 0 Å². The molecule has 112 valence electrons. The second kappa shape index (κ2) is 5.65. The van der Waals surface area contributed by atoms with Crippen LogP contribution in [0.2, 0.25) is 0 Å². The molecule has 2 aliphatic rings. The summed E-state index contributed by atoms with van der Waals surface area (Å²) in [6.45, 7) is 3.39. The summed E-state index contributed by atoms with van der Waals surface area (Å²) >= 11 is 0. The Labute approximate surface area is 121 Å². The van der Waals surface area contributed by atoms with Crippen LogP contribution in [0.4, 0.5) is 5.69 Å². The van der Waals surface area contributed by atoms with E-state index in [0.29, 0.717) is 6.42 Å². The molecule has 1 unspecified atom stereocenters. The van der Waals surface area contributed by atoms with Gasteiger partial charge < -0.3 is 10.2 Å². The SMILES string of the molecule is O=C1CCC(n2ncc(N3CCNCC3)cc2=O)C(=O)N1. The van der Waals surface area contributed by atoms with E-state index in [1.807, 2.05) is 0 Å². The van der Waals surface area contributed by atoms with Gasteiger partial charge in [0, 0.05) is 38.7 Å². The van der Waals surface area contributed by atoms with Crippen LogP contribution in [-0.4, -0.2) is 47.8 Å². The molecular weight excluding hydrogens is 274 g/mol. The first-order chi connectivity index (χ1) is 10.1. The minimum Gasteiger partial charge on any atom is -0.368 e. The number of nitrogens with zero attached hydrogens (tertiary/aromatic N) is 3. The fraction of sp³-hybridized carbons (Fsp3) is 0.538. The van der Waals surface area contributed by atoms with Crippen LogP contribution < -0.4 is 21.1 Å². The number of carbonyl (C=O) groups excluding carboxylic acids is 2. The number of imide groups is 1. The Morgan fingerprint density at radius 3 is 2.62 bits per heavy atom. The number of piperazine rings is 1. The third kappa shape index (κ3) is 2.80. The molecule has 1 aromatic heterocycles. The summed E-state index contributed by atoms with van der Waals surface area (Å²) in [5.41, 5.74) is 0.450. The van der Waals surface area contributed by atoms with E-state index in [0.717, 1.165) is 36.5 Å². The lowest BCUT2D eigenvalue weighted by Crippen LogP contribution is -2.46. The molecule has 8 nitrogen and oxygen atoms in total. The van der Waals surface area contributed by atoms with Crippen molar-refractivity contribution in [3.63, 3.8) is 0 Å². The van der Waals surface area contributed by atoms with Gasteiger partial charge in [0.05, 0.1) is 11.9 Å². The fourth-order valence-corrected chi connectivity index (χ4v) is 2.65. The van der Waals surface area contributed by atoms with Gasteiger partial charge in [-0.2, -0.15) is 5.10 Å². The van der Waals surface area contributed by atoms with Gasteiger partial charge in [0.1, 0.15) is 6.04 Å². The summed E-state index contributed by atoms with van der Waals surface area (Å²) in [7, 11) is 0. The minimum absolute atomic E-state index is 0.226. The first kappa shape index (κ1) is 13.7. The number of aromatic nitrogens is 2. The zero-order valence-electron chi connectivity index (χ0n) is 11.5. The van der Waals surface area contributed by atoms with Gasteiger partial charge in [-0.15, -0.1) is 0 Å². The Bertz CT molecular complexity index is 620. The maximum absolute atomic E-state index is 12.2. The summed E-state index contributed by atoms with van der Waals surface area (Å²) in [5, 5.41) is 9.60. The monoisotopic (exact) mass is 291 g/mol. The molecular formula is C13H17N5O3. The predicted octanol–water partition coefficient (Wildman–Crippen LogP) is -1.37. The van der Waals surface area contributed by atoms with Crippen molar-refractivity contribution in [3.05, 3.63) is 22.6 Å². The van der Waals surface area contributed by atoms with E-state index in [1.165, 1.54) is 6.07 Å². The zero-order chi connectivity index (χ0) is 14.8. The van der Waals surface area contributed by atoms with Crippen LogP contribution in [0.3, 0.4) is 0 Å². The molecule has 2 amide bonds. The summed E-state index contributed by atoms with van der Waals surface area (Å²) in [4.78, 5) is 37.2. The van der Waals surface area contributed by atoms with Gasteiger partial charge in [0.2, 0.25) is 5.91 Å². The molecule has 2 fully saturated rings. The van der Waals surface area contributed by atoms with Gasteiger partial charge >= 0.3 is 0 Å². The van der Waals surface area contributed by atoms with Gasteiger partial charge in [0.15, 0.2) is 0 Å². The smallest absolute Gasteiger partial charge is 0.269 e. The van der Waals surface area contributed by atoms with Gasteiger partial charge in [-0.05, 0) is 6.42 Å². The van der Waals surface area contributed by atoms with E-state index < -0.39 is 11.9 Å². The molecule has 8 heteroatoms. The number of anilines is 1. The molecule has 0 saturated carbocycles. The maximum atomic E-state index is 12.2. The van der Waals surface area contributed by atoms with Crippen molar-refractivity contribution in [2.24, 2.45) is 0 Å². The van der Waals surface area contributed by atoms with Crippen molar-refractivity contribution in [1.82, 2.24) is 20.4 Å². The van der Waals surface area contributed by atoms with Crippen LogP contribution in [0, 0.1) is 0 Å². The summed E-state index contributed by atoms with van der Waals surface area (Å²) in [6, 6.07) is 0.800. The number of amides is 2. The quantitative estimate of drug-likeness (QED) is 0.653. The van der Waals surface area contributed by atoms with Crippen LogP contribution in [0.15, 0.2) is 17.1 Å². The number of piperidine rings is 1. The van der Waals surface area contributed by atoms with Gasteiger partial charge in [-0.25, -0.2) is 4.68 Å². The molecule has 2 N–H and O–H groups in total. The molecule has 0 aliphatic carbocycles. The van der Waals surface area contributed by atoms with E-state index in [-0.39, 0.29) is 17.9 Å². The highest BCUT2D eigenvalue weighted by molar-refractivity contribution is 5.99. The number of hydrogen-bond acceptors (Lipinski definition) is 6. The second-order valence-electron chi connectivity index (χ2n) is 5.20. The summed E-state index contributed by atoms with van der Waals surface area (Å²) in [5.74, 6) is -0.766. The van der Waals surface area contributed by atoms with Gasteiger partial charge in [-0.3, -0.25) is 19.7 Å². The molecule has 0 radical (unpaired) electrons. The minimum atomic E-state index is -0.702.